The molecule has 0 aromatic carbocycles. The number of carboxylic acids is 1. The van der Waals surface area contributed by atoms with Crippen molar-refractivity contribution >= 4 is 5.97 Å². The lowest BCUT2D eigenvalue weighted by Gasteiger charge is -2.17. The van der Waals surface area contributed by atoms with Gasteiger partial charge in [-0.25, -0.2) is 0 Å². The molecule has 1 fully saturated rings. The van der Waals surface area contributed by atoms with Gasteiger partial charge in [-0.2, -0.15) is 0 Å². The second-order valence-corrected chi connectivity index (χ2v) is 4.50. The number of pyridine rings is 1. The SMILES string of the molecule is CC(C)c1cnccc1C1(C(=O)O)CC1. The van der Waals surface area contributed by atoms with E-state index in [0.29, 0.717) is 5.92 Å². The molecule has 1 aliphatic carbocycles. The van der Waals surface area contributed by atoms with Gasteiger partial charge in [0.15, 0.2) is 0 Å². The molecule has 3 nitrogen and oxygen atoms in total. The molecule has 1 N–H and O–H groups in total. The van der Waals surface area contributed by atoms with Crippen molar-refractivity contribution in [2.45, 2.75) is 38.0 Å². The van der Waals surface area contributed by atoms with E-state index in [4.69, 9.17) is 0 Å². The van der Waals surface area contributed by atoms with E-state index in [1.165, 1.54) is 0 Å². The van der Waals surface area contributed by atoms with Crippen LogP contribution < -0.4 is 0 Å². The van der Waals surface area contributed by atoms with Crippen LogP contribution in [-0.4, -0.2) is 16.1 Å². The first-order valence-corrected chi connectivity index (χ1v) is 5.26. The van der Waals surface area contributed by atoms with Crippen LogP contribution in [0.5, 0.6) is 0 Å². The molecule has 0 bridgehead atoms. The Balaban J connectivity index is 2.49. The molecule has 2 rings (SSSR count). The average Bonchev–Trinajstić information content (AvgIpc) is 2.98. The minimum Gasteiger partial charge on any atom is -0.481 e. The van der Waals surface area contributed by atoms with Crippen molar-refractivity contribution in [2.24, 2.45) is 0 Å². The molecule has 0 radical (unpaired) electrons. The molecular weight excluding hydrogens is 190 g/mol. The predicted octanol–water partition coefficient (Wildman–Crippen LogP) is 2.32. The number of carbonyl (C=O) groups is 1. The first-order valence-electron chi connectivity index (χ1n) is 5.26. The largest absolute Gasteiger partial charge is 0.481 e. The molecular formula is C12H15NO2. The topological polar surface area (TPSA) is 50.2 Å². The van der Waals surface area contributed by atoms with Crippen LogP contribution in [-0.2, 0) is 10.2 Å². The average molecular weight is 205 g/mol. The van der Waals surface area contributed by atoms with E-state index in [2.05, 4.69) is 18.8 Å². The van der Waals surface area contributed by atoms with Gasteiger partial charge in [-0.05, 0) is 36.0 Å². The van der Waals surface area contributed by atoms with Crippen molar-refractivity contribution in [2.75, 3.05) is 0 Å². The third kappa shape index (κ3) is 1.52. The molecule has 1 saturated carbocycles. The molecule has 0 atom stereocenters. The zero-order chi connectivity index (χ0) is 11.1. The predicted molar refractivity (Wildman–Crippen MR) is 56.9 cm³/mol. The lowest BCUT2D eigenvalue weighted by molar-refractivity contribution is -0.140. The van der Waals surface area contributed by atoms with Crippen LogP contribution in [0.1, 0.15) is 43.7 Å². The molecule has 0 spiro atoms. The van der Waals surface area contributed by atoms with E-state index in [-0.39, 0.29) is 0 Å². The van der Waals surface area contributed by atoms with Gasteiger partial charge in [0.05, 0.1) is 5.41 Å². The Morgan fingerprint density at radius 2 is 2.20 bits per heavy atom. The molecule has 3 heteroatoms. The summed E-state index contributed by atoms with van der Waals surface area (Å²) in [6, 6.07) is 1.86. The van der Waals surface area contributed by atoms with Crippen LogP contribution >= 0.6 is 0 Å². The van der Waals surface area contributed by atoms with Gasteiger partial charge in [-0.3, -0.25) is 9.78 Å². The van der Waals surface area contributed by atoms with Gasteiger partial charge in [-0.15, -0.1) is 0 Å². The first-order chi connectivity index (χ1) is 7.08. The number of aromatic nitrogens is 1. The zero-order valence-electron chi connectivity index (χ0n) is 9.03. The second kappa shape index (κ2) is 3.33. The van der Waals surface area contributed by atoms with Crippen molar-refractivity contribution in [3.05, 3.63) is 29.6 Å². The summed E-state index contributed by atoms with van der Waals surface area (Å²) in [5, 5.41) is 9.24. The van der Waals surface area contributed by atoms with E-state index in [1.807, 2.05) is 6.07 Å². The monoisotopic (exact) mass is 205 g/mol. The summed E-state index contributed by atoms with van der Waals surface area (Å²) in [7, 11) is 0. The van der Waals surface area contributed by atoms with Crippen molar-refractivity contribution in [1.82, 2.24) is 4.98 Å². The van der Waals surface area contributed by atoms with Crippen LogP contribution in [0.2, 0.25) is 0 Å². The third-order valence-electron chi connectivity index (χ3n) is 3.15. The summed E-state index contributed by atoms with van der Waals surface area (Å²) in [5.41, 5.74) is 1.42. The van der Waals surface area contributed by atoms with Crippen molar-refractivity contribution in [3.8, 4) is 0 Å². The molecule has 1 aromatic rings. The van der Waals surface area contributed by atoms with Gasteiger partial charge >= 0.3 is 5.97 Å². The summed E-state index contributed by atoms with van der Waals surface area (Å²) in [6.45, 7) is 4.14. The summed E-state index contributed by atoms with van der Waals surface area (Å²) < 4.78 is 0. The van der Waals surface area contributed by atoms with E-state index >= 15 is 0 Å². The van der Waals surface area contributed by atoms with Crippen LogP contribution in [0, 0.1) is 0 Å². The lowest BCUT2D eigenvalue weighted by Crippen LogP contribution is -2.21. The van der Waals surface area contributed by atoms with Crippen molar-refractivity contribution < 1.29 is 9.90 Å². The first kappa shape index (κ1) is 10.1. The molecule has 0 amide bonds. The van der Waals surface area contributed by atoms with Gasteiger partial charge in [0, 0.05) is 12.4 Å². The maximum Gasteiger partial charge on any atom is 0.314 e. The summed E-state index contributed by atoms with van der Waals surface area (Å²) >= 11 is 0. The Kier molecular flexibility index (Phi) is 2.25. The van der Waals surface area contributed by atoms with Crippen LogP contribution in [0.25, 0.3) is 0 Å². The molecule has 15 heavy (non-hydrogen) atoms. The van der Waals surface area contributed by atoms with E-state index < -0.39 is 11.4 Å². The summed E-state index contributed by atoms with van der Waals surface area (Å²) in [6.07, 6.45) is 4.99. The van der Waals surface area contributed by atoms with Crippen LogP contribution in [0.15, 0.2) is 18.5 Å². The van der Waals surface area contributed by atoms with Crippen molar-refractivity contribution in [3.63, 3.8) is 0 Å². The fraction of sp³-hybridized carbons (Fsp3) is 0.500. The molecule has 0 saturated heterocycles. The minimum absolute atomic E-state index is 0.325. The lowest BCUT2D eigenvalue weighted by atomic mass is 9.88. The molecule has 80 valence electrons. The Labute approximate surface area is 89.2 Å². The zero-order valence-corrected chi connectivity index (χ0v) is 9.03. The molecule has 0 unspecified atom stereocenters. The number of hydrogen-bond acceptors (Lipinski definition) is 2. The summed E-state index contributed by atoms with van der Waals surface area (Å²) in [4.78, 5) is 15.3. The highest BCUT2D eigenvalue weighted by Gasteiger charge is 2.52. The summed E-state index contributed by atoms with van der Waals surface area (Å²) in [5.74, 6) is -0.374. The number of hydrogen-bond donors (Lipinski definition) is 1. The number of aliphatic carboxylic acids is 1. The molecule has 0 aliphatic heterocycles. The Morgan fingerprint density at radius 1 is 1.53 bits per heavy atom. The fourth-order valence-electron chi connectivity index (χ4n) is 2.03. The van der Waals surface area contributed by atoms with Gasteiger partial charge in [-0.1, -0.05) is 13.8 Å². The third-order valence-corrected chi connectivity index (χ3v) is 3.15. The van der Waals surface area contributed by atoms with Gasteiger partial charge in [0.2, 0.25) is 0 Å². The standard InChI is InChI=1S/C12H15NO2/c1-8(2)9-7-13-6-3-10(9)12(4-5-12)11(14)15/h3,6-8H,4-5H2,1-2H3,(H,14,15). The van der Waals surface area contributed by atoms with E-state index in [0.717, 1.165) is 24.0 Å². The Bertz CT molecular complexity index is 394. The molecule has 1 aromatic heterocycles. The maximum atomic E-state index is 11.2. The number of carboxylic acid groups (broad SMARTS) is 1. The highest BCUT2D eigenvalue weighted by molar-refractivity contribution is 5.85. The Morgan fingerprint density at radius 3 is 2.67 bits per heavy atom. The van der Waals surface area contributed by atoms with Crippen LogP contribution in [0.4, 0.5) is 0 Å². The highest BCUT2D eigenvalue weighted by atomic mass is 16.4. The highest BCUT2D eigenvalue weighted by Crippen LogP contribution is 2.50. The normalized spacial score (nSPS) is 17.8. The quantitative estimate of drug-likeness (QED) is 0.823. The van der Waals surface area contributed by atoms with E-state index in [1.54, 1.807) is 12.4 Å². The number of nitrogens with zero attached hydrogens (tertiary/aromatic N) is 1. The molecule has 1 heterocycles. The van der Waals surface area contributed by atoms with E-state index in [9.17, 15) is 9.90 Å². The van der Waals surface area contributed by atoms with Crippen molar-refractivity contribution in [1.29, 1.82) is 0 Å². The Hall–Kier alpha value is -1.38. The maximum absolute atomic E-state index is 11.2. The van der Waals surface area contributed by atoms with Gasteiger partial charge < -0.3 is 5.11 Å². The number of rotatable bonds is 3. The van der Waals surface area contributed by atoms with Crippen LogP contribution in [0.3, 0.4) is 0 Å². The van der Waals surface area contributed by atoms with Gasteiger partial charge in [0.25, 0.3) is 0 Å². The second-order valence-electron chi connectivity index (χ2n) is 4.50. The smallest absolute Gasteiger partial charge is 0.314 e. The fourth-order valence-corrected chi connectivity index (χ4v) is 2.03. The van der Waals surface area contributed by atoms with Gasteiger partial charge in [0.1, 0.15) is 0 Å². The molecule has 1 aliphatic rings. The minimum atomic E-state index is -0.699.